The number of nitro benzene ring substituents is 1. The van der Waals surface area contributed by atoms with Gasteiger partial charge in [-0.05, 0) is 60.9 Å². The fourth-order valence-corrected chi connectivity index (χ4v) is 3.69. The summed E-state index contributed by atoms with van der Waals surface area (Å²) in [6, 6.07) is 19.8. The summed E-state index contributed by atoms with van der Waals surface area (Å²) in [4.78, 5) is 38.7. The lowest BCUT2D eigenvalue weighted by Crippen LogP contribution is -2.32. The molecule has 1 heterocycles. The maximum Gasteiger partial charge on any atom is 0.282 e. The summed E-state index contributed by atoms with van der Waals surface area (Å²) >= 11 is 0. The molecule has 0 atom stereocenters. The number of carbonyl (C=O) groups excluding carboxylic acids is 2. The van der Waals surface area contributed by atoms with E-state index >= 15 is 0 Å². The van der Waals surface area contributed by atoms with Gasteiger partial charge in [0.2, 0.25) is 0 Å². The highest BCUT2D eigenvalue weighted by Gasteiger charge is 2.40. The Morgan fingerprint density at radius 2 is 1.71 bits per heavy atom. The summed E-state index contributed by atoms with van der Waals surface area (Å²) in [5.41, 5.74) is 2.46. The van der Waals surface area contributed by atoms with E-state index in [1.54, 1.807) is 36.4 Å². The molecule has 0 unspecified atom stereocenters. The number of nitrogens with zero attached hydrogens (tertiary/aromatic N) is 2. The minimum absolute atomic E-state index is 0.0907. The molecule has 0 saturated carbocycles. The number of amides is 2. The smallest absolute Gasteiger partial charge is 0.282 e. The Morgan fingerprint density at radius 3 is 2.38 bits per heavy atom. The topological polar surface area (TPSA) is 102 Å². The van der Waals surface area contributed by atoms with E-state index in [-0.39, 0.29) is 17.0 Å². The van der Waals surface area contributed by atoms with Gasteiger partial charge in [-0.3, -0.25) is 19.7 Å². The number of nitrogens with one attached hydrogen (secondary N) is 1. The van der Waals surface area contributed by atoms with Crippen molar-refractivity contribution >= 4 is 34.4 Å². The molecule has 8 nitrogen and oxygen atoms in total. The summed E-state index contributed by atoms with van der Waals surface area (Å²) in [5, 5.41) is 14.2. The molecule has 4 rings (SSSR count). The van der Waals surface area contributed by atoms with Crippen molar-refractivity contribution in [1.29, 1.82) is 0 Å². The summed E-state index contributed by atoms with van der Waals surface area (Å²) in [7, 11) is 0. The molecule has 3 aromatic rings. The summed E-state index contributed by atoms with van der Waals surface area (Å²) < 4.78 is 5.68. The third-order valence-corrected chi connectivity index (χ3v) is 5.29. The number of imide groups is 1. The van der Waals surface area contributed by atoms with Crippen molar-refractivity contribution in [2.75, 3.05) is 16.8 Å². The van der Waals surface area contributed by atoms with Crippen LogP contribution < -0.4 is 15.0 Å². The summed E-state index contributed by atoms with van der Waals surface area (Å²) in [6.07, 6.45) is 0.853. The van der Waals surface area contributed by atoms with E-state index in [1.807, 2.05) is 26.0 Å². The second kappa shape index (κ2) is 9.58. The lowest BCUT2D eigenvalue weighted by atomic mass is 10.0. The van der Waals surface area contributed by atoms with E-state index in [9.17, 15) is 19.7 Å². The molecule has 3 aromatic carbocycles. The Labute approximate surface area is 196 Å². The van der Waals surface area contributed by atoms with Crippen LogP contribution in [0.25, 0.3) is 5.57 Å². The Balaban J connectivity index is 1.77. The zero-order chi connectivity index (χ0) is 24.2. The Hall–Kier alpha value is -4.46. The Kier molecular flexibility index (Phi) is 6.40. The van der Waals surface area contributed by atoms with Crippen molar-refractivity contribution in [3.8, 4) is 5.75 Å². The number of hydrogen-bond acceptors (Lipinski definition) is 6. The van der Waals surface area contributed by atoms with Gasteiger partial charge in [-0.1, -0.05) is 25.1 Å². The Bertz CT molecular complexity index is 1300. The van der Waals surface area contributed by atoms with Crippen LogP contribution >= 0.6 is 0 Å². The van der Waals surface area contributed by atoms with Gasteiger partial charge in [0, 0.05) is 23.9 Å². The lowest BCUT2D eigenvalue weighted by Gasteiger charge is -2.16. The first-order valence-electron chi connectivity index (χ1n) is 10.8. The van der Waals surface area contributed by atoms with E-state index in [0.29, 0.717) is 29.3 Å². The monoisotopic (exact) mass is 457 g/mol. The maximum absolute atomic E-state index is 13.5. The number of rotatable bonds is 8. The number of carbonyl (C=O) groups is 2. The molecule has 0 radical (unpaired) electrons. The molecule has 0 bridgehead atoms. The number of ether oxygens (including phenoxy) is 1. The van der Waals surface area contributed by atoms with Crippen molar-refractivity contribution in [2.24, 2.45) is 0 Å². The SMILES string of the molecule is CCCOc1cccc(NC2=C(c3ccc([N+](=O)[O-])cc3)C(=O)N(c3cccc(C)c3)C2=O)c1. The highest BCUT2D eigenvalue weighted by molar-refractivity contribution is 6.46. The predicted octanol–water partition coefficient (Wildman–Crippen LogP) is 5.09. The van der Waals surface area contributed by atoms with Gasteiger partial charge in [0.1, 0.15) is 11.4 Å². The first kappa shape index (κ1) is 22.7. The third-order valence-electron chi connectivity index (χ3n) is 5.29. The molecular weight excluding hydrogens is 434 g/mol. The molecule has 0 saturated heterocycles. The molecule has 0 aromatic heterocycles. The van der Waals surface area contributed by atoms with Gasteiger partial charge < -0.3 is 10.1 Å². The van der Waals surface area contributed by atoms with Crippen molar-refractivity contribution in [3.05, 3.63) is 99.7 Å². The van der Waals surface area contributed by atoms with Crippen LogP contribution in [0.5, 0.6) is 5.75 Å². The molecule has 34 heavy (non-hydrogen) atoms. The zero-order valence-electron chi connectivity index (χ0n) is 18.8. The average molecular weight is 457 g/mol. The van der Waals surface area contributed by atoms with Gasteiger partial charge in [0.15, 0.2) is 0 Å². The average Bonchev–Trinajstić information content (AvgIpc) is 3.07. The van der Waals surface area contributed by atoms with E-state index in [1.165, 1.54) is 24.3 Å². The van der Waals surface area contributed by atoms with Gasteiger partial charge >= 0.3 is 0 Å². The van der Waals surface area contributed by atoms with Crippen LogP contribution in [0.15, 0.2) is 78.5 Å². The van der Waals surface area contributed by atoms with Gasteiger partial charge in [-0.25, -0.2) is 4.90 Å². The molecule has 0 spiro atoms. The van der Waals surface area contributed by atoms with E-state index in [0.717, 1.165) is 16.9 Å². The molecule has 1 aliphatic rings. The number of hydrogen-bond donors (Lipinski definition) is 1. The second-order valence-electron chi connectivity index (χ2n) is 7.84. The van der Waals surface area contributed by atoms with E-state index in [2.05, 4.69) is 5.32 Å². The van der Waals surface area contributed by atoms with E-state index < -0.39 is 16.7 Å². The van der Waals surface area contributed by atoms with Crippen LogP contribution in [0.1, 0.15) is 24.5 Å². The van der Waals surface area contributed by atoms with Crippen molar-refractivity contribution in [1.82, 2.24) is 0 Å². The number of benzene rings is 3. The molecule has 1 aliphatic heterocycles. The van der Waals surface area contributed by atoms with Crippen LogP contribution in [0, 0.1) is 17.0 Å². The molecule has 2 amide bonds. The summed E-state index contributed by atoms with van der Waals surface area (Å²) in [6.45, 7) is 4.44. The minimum atomic E-state index is -0.514. The number of non-ortho nitro benzene ring substituents is 1. The standard InChI is InChI=1S/C26H23N3O5/c1-3-14-34-22-9-5-7-19(16-22)27-24-23(18-10-12-20(13-11-18)29(32)33)25(30)28(26(24)31)21-8-4-6-17(2)15-21/h4-13,15-16,27H,3,14H2,1-2H3. The lowest BCUT2D eigenvalue weighted by molar-refractivity contribution is -0.384. The highest BCUT2D eigenvalue weighted by Crippen LogP contribution is 2.35. The number of anilines is 2. The van der Waals surface area contributed by atoms with Gasteiger partial charge in [-0.2, -0.15) is 0 Å². The predicted molar refractivity (Wildman–Crippen MR) is 130 cm³/mol. The third kappa shape index (κ3) is 4.52. The van der Waals surface area contributed by atoms with E-state index in [4.69, 9.17) is 4.74 Å². The summed E-state index contributed by atoms with van der Waals surface area (Å²) in [5.74, 6) is -0.383. The molecular formula is C26H23N3O5. The molecule has 8 heteroatoms. The van der Waals surface area contributed by atoms with Gasteiger partial charge in [-0.15, -0.1) is 0 Å². The van der Waals surface area contributed by atoms with Crippen LogP contribution in [-0.4, -0.2) is 23.3 Å². The fourth-order valence-electron chi connectivity index (χ4n) is 3.69. The van der Waals surface area contributed by atoms with Crippen LogP contribution in [0.3, 0.4) is 0 Å². The van der Waals surface area contributed by atoms with Gasteiger partial charge in [0.05, 0.1) is 22.8 Å². The molecule has 1 N–H and O–H groups in total. The van der Waals surface area contributed by atoms with Crippen LogP contribution in [-0.2, 0) is 9.59 Å². The first-order valence-corrected chi connectivity index (χ1v) is 10.8. The molecule has 0 aliphatic carbocycles. The number of nitro groups is 1. The van der Waals surface area contributed by atoms with Crippen molar-refractivity contribution in [3.63, 3.8) is 0 Å². The Morgan fingerprint density at radius 1 is 0.971 bits per heavy atom. The second-order valence-corrected chi connectivity index (χ2v) is 7.84. The molecule has 172 valence electrons. The number of aryl methyl sites for hydroxylation is 1. The van der Waals surface area contributed by atoms with Crippen LogP contribution in [0.2, 0.25) is 0 Å². The first-order chi connectivity index (χ1) is 16.4. The fraction of sp³-hybridized carbons (Fsp3) is 0.154. The highest BCUT2D eigenvalue weighted by atomic mass is 16.6. The largest absolute Gasteiger partial charge is 0.494 e. The quantitative estimate of drug-likeness (QED) is 0.287. The van der Waals surface area contributed by atoms with Crippen molar-refractivity contribution < 1.29 is 19.2 Å². The normalized spacial score (nSPS) is 13.4. The maximum atomic E-state index is 13.5. The van der Waals surface area contributed by atoms with Crippen molar-refractivity contribution in [2.45, 2.75) is 20.3 Å². The van der Waals surface area contributed by atoms with Crippen LogP contribution in [0.4, 0.5) is 17.1 Å². The molecule has 0 fully saturated rings. The van der Waals surface area contributed by atoms with Gasteiger partial charge in [0.25, 0.3) is 17.5 Å². The minimum Gasteiger partial charge on any atom is -0.494 e. The zero-order valence-corrected chi connectivity index (χ0v) is 18.8.